The Bertz CT molecular complexity index is 634. The van der Waals surface area contributed by atoms with E-state index in [1.165, 1.54) is 0 Å². The van der Waals surface area contributed by atoms with Crippen LogP contribution < -0.4 is 4.72 Å². The van der Waals surface area contributed by atoms with E-state index in [1.807, 2.05) is 31.2 Å². The summed E-state index contributed by atoms with van der Waals surface area (Å²) in [6.07, 6.45) is 2.67. The van der Waals surface area contributed by atoms with Gasteiger partial charge >= 0.3 is 0 Å². The van der Waals surface area contributed by atoms with Gasteiger partial charge in [0.2, 0.25) is 15.9 Å². The van der Waals surface area contributed by atoms with Crippen LogP contribution in [0.2, 0.25) is 0 Å². The molecule has 1 amide bonds. The molecule has 20 heavy (non-hydrogen) atoms. The summed E-state index contributed by atoms with van der Waals surface area (Å²) in [5, 5.41) is 0. The first kappa shape index (κ1) is 13.6. The molecule has 5 heteroatoms. The number of sulfonamides is 1. The topological polar surface area (TPSA) is 63.2 Å². The van der Waals surface area contributed by atoms with E-state index in [4.69, 9.17) is 0 Å². The van der Waals surface area contributed by atoms with Gasteiger partial charge in [-0.3, -0.25) is 9.52 Å². The highest BCUT2D eigenvalue weighted by Crippen LogP contribution is 2.48. The SMILES string of the molecule is Cc1ccccc1[C@H]1C[C@H]1C(=O)NS(=O)(=O)CC1CC1. The Morgan fingerprint density at radius 3 is 2.65 bits per heavy atom. The Balaban J connectivity index is 1.61. The maximum Gasteiger partial charge on any atom is 0.237 e. The monoisotopic (exact) mass is 293 g/mol. The number of aryl methyl sites for hydroxylation is 1. The molecule has 0 spiro atoms. The van der Waals surface area contributed by atoms with Gasteiger partial charge < -0.3 is 0 Å². The third kappa shape index (κ3) is 3.03. The molecule has 0 radical (unpaired) electrons. The van der Waals surface area contributed by atoms with Gasteiger partial charge in [0.05, 0.1) is 5.75 Å². The molecule has 2 atom stereocenters. The summed E-state index contributed by atoms with van der Waals surface area (Å²) < 4.78 is 25.8. The van der Waals surface area contributed by atoms with E-state index in [-0.39, 0.29) is 29.4 Å². The second kappa shape index (κ2) is 4.88. The number of carbonyl (C=O) groups excluding carboxylic acids is 1. The highest BCUT2D eigenvalue weighted by Gasteiger charge is 2.45. The van der Waals surface area contributed by atoms with Gasteiger partial charge in [0.1, 0.15) is 0 Å². The van der Waals surface area contributed by atoms with Gasteiger partial charge in [-0.15, -0.1) is 0 Å². The molecule has 2 fully saturated rings. The van der Waals surface area contributed by atoms with Gasteiger partial charge in [-0.05, 0) is 49.1 Å². The minimum atomic E-state index is -3.44. The first-order valence-electron chi connectivity index (χ1n) is 7.06. The van der Waals surface area contributed by atoms with Gasteiger partial charge in [0, 0.05) is 5.92 Å². The molecule has 1 N–H and O–H groups in total. The zero-order valence-corrected chi connectivity index (χ0v) is 12.3. The van der Waals surface area contributed by atoms with Crippen LogP contribution >= 0.6 is 0 Å². The second-order valence-electron chi connectivity index (χ2n) is 6.00. The fraction of sp³-hybridized carbons (Fsp3) is 0.533. The molecule has 2 aliphatic rings. The molecule has 0 heterocycles. The minimum Gasteiger partial charge on any atom is -0.274 e. The van der Waals surface area contributed by atoms with Crippen molar-refractivity contribution in [1.82, 2.24) is 4.72 Å². The fourth-order valence-corrected chi connectivity index (χ4v) is 4.19. The highest BCUT2D eigenvalue weighted by atomic mass is 32.2. The molecular formula is C15H19NO3S. The van der Waals surface area contributed by atoms with Gasteiger partial charge in [0.15, 0.2) is 0 Å². The lowest BCUT2D eigenvalue weighted by Crippen LogP contribution is -2.34. The molecule has 0 aliphatic heterocycles. The van der Waals surface area contributed by atoms with Crippen LogP contribution in [-0.2, 0) is 14.8 Å². The maximum atomic E-state index is 12.0. The van der Waals surface area contributed by atoms with Gasteiger partial charge in [0.25, 0.3) is 0 Å². The Kier molecular flexibility index (Phi) is 3.32. The van der Waals surface area contributed by atoms with Crippen LogP contribution in [0.1, 0.15) is 36.3 Å². The maximum absolute atomic E-state index is 12.0. The zero-order chi connectivity index (χ0) is 14.3. The Hall–Kier alpha value is -1.36. The summed E-state index contributed by atoms with van der Waals surface area (Å²) in [4.78, 5) is 12.0. The van der Waals surface area contributed by atoms with Gasteiger partial charge in [-0.2, -0.15) is 0 Å². The van der Waals surface area contributed by atoms with Crippen LogP contribution in [0.5, 0.6) is 0 Å². The van der Waals surface area contributed by atoms with Gasteiger partial charge in [-0.25, -0.2) is 8.42 Å². The summed E-state index contributed by atoms with van der Waals surface area (Å²) in [5.41, 5.74) is 2.32. The fourth-order valence-electron chi connectivity index (χ4n) is 2.70. The molecule has 0 aromatic heterocycles. The van der Waals surface area contributed by atoms with Crippen molar-refractivity contribution in [2.75, 3.05) is 5.75 Å². The summed E-state index contributed by atoms with van der Waals surface area (Å²) in [6, 6.07) is 7.97. The van der Waals surface area contributed by atoms with E-state index in [0.29, 0.717) is 0 Å². The minimum absolute atomic E-state index is 0.0977. The van der Waals surface area contributed by atoms with E-state index >= 15 is 0 Å². The molecule has 0 bridgehead atoms. The third-order valence-electron chi connectivity index (χ3n) is 4.12. The average Bonchev–Trinajstić information content (AvgIpc) is 3.21. The van der Waals surface area contributed by atoms with Crippen LogP contribution in [0.15, 0.2) is 24.3 Å². The van der Waals surface area contributed by atoms with Crippen molar-refractivity contribution in [3.05, 3.63) is 35.4 Å². The lowest BCUT2D eigenvalue weighted by Gasteiger charge is -2.07. The highest BCUT2D eigenvalue weighted by molar-refractivity contribution is 7.90. The van der Waals surface area contributed by atoms with Crippen molar-refractivity contribution in [3.8, 4) is 0 Å². The predicted molar refractivity (Wildman–Crippen MR) is 76.7 cm³/mol. The molecule has 0 saturated heterocycles. The molecule has 3 rings (SSSR count). The van der Waals surface area contributed by atoms with Crippen LogP contribution in [-0.4, -0.2) is 20.1 Å². The molecular weight excluding hydrogens is 274 g/mol. The molecule has 2 saturated carbocycles. The van der Waals surface area contributed by atoms with Crippen molar-refractivity contribution in [2.24, 2.45) is 11.8 Å². The second-order valence-corrected chi connectivity index (χ2v) is 7.76. The molecule has 0 unspecified atom stereocenters. The third-order valence-corrected chi connectivity index (χ3v) is 5.55. The molecule has 2 aliphatic carbocycles. The van der Waals surface area contributed by atoms with Crippen LogP contribution in [0, 0.1) is 18.8 Å². The van der Waals surface area contributed by atoms with E-state index < -0.39 is 10.0 Å². The summed E-state index contributed by atoms with van der Waals surface area (Å²) in [7, 11) is -3.44. The normalized spacial score (nSPS) is 25.2. The smallest absolute Gasteiger partial charge is 0.237 e. The standard InChI is InChI=1S/C15H19NO3S/c1-10-4-2-3-5-12(10)13-8-14(13)15(17)16-20(18,19)9-11-6-7-11/h2-5,11,13-14H,6-9H2,1H3,(H,16,17)/t13-,14-/m1/s1. The van der Waals surface area contributed by atoms with Crippen LogP contribution in [0.4, 0.5) is 0 Å². The van der Waals surface area contributed by atoms with E-state index in [2.05, 4.69) is 4.72 Å². The molecule has 1 aromatic rings. The average molecular weight is 293 g/mol. The van der Waals surface area contributed by atoms with E-state index in [9.17, 15) is 13.2 Å². The summed E-state index contributed by atoms with van der Waals surface area (Å²) >= 11 is 0. The van der Waals surface area contributed by atoms with Crippen molar-refractivity contribution in [1.29, 1.82) is 0 Å². The number of benzene rings is 1. The Labute approximate surface area is 119 Å². The summed E-state index contributed by atoms with van der Waals surface area (Å²) in [5.74, 6) is 0.00324. The molecule has 1 aromatic carbocycles. The Morgan fingerprint density at radius 2 is 2.00 bits per heavy atom. The zero-order valence-electron chi connectivity index (χ0n) is 11.5. The Morgan fingerprint density at radius 1 is 1.30 bits per heavy atom. The molecule has 4 nitrogen and oxygen atoms in total. The number of amides is 1. The first-order valence-corrected chi connectivity index (χ1v) is 8.71. The predicted octanol–water partition coefficient (Wildman–Crippen LogP) is 1.95. The lowest BCUT2D eigenvalue weighted by molar-refractivity contribution is -0.120. The van der Waals surface area contributed by atoms with Crippen LogP contribution in [0.25, 0.3) is 0 Å². The van der Waals surface area contributed by atoms with Crippen molar-refractivity contribution in [2.45, 2.75) is 32.1 Å². The first-order chi connectivity index (χ1) is 9.46. The number of nitrogens with one attached hydrogen (secondary N) is 1. The van der Waals surface area contributed by atoms with Crippen LogP contribution in [0.3, 0.4) is 0 Å². The van der Waals surface area contributed by atoms with E-state index in [0.717, 1.165) is 30.4 Å². The van der Waals surface area contributed by atoms with Crippen molar-refractivity contribution < 1.29 is 13.2 Å². The lowest BCUT2D eigenvalue weighted by atomic mass is 10.0. The van der Waals surface area contributed by atoms with E-state index in [1.54, 1.807) is 0 Å². The van der Waals surface area contributed by atoms with Crippen molar-refractivity contribution in [3.63, 3.8) is 0 Å². The number of carbonyl (C=O) groups is 1. The largest absolute Gasteiger partial charge is 0.274 e. The number of rotatable bonds is 5. The number of hydrogen-bond acceptors (Lipinski definition) is 3. The summed E-state index contributed by atoms with van der Waals surface area (Å²) in [6.45, 7) is 2.02. The number of hydrogen-bond donors (Lipinski definition) is 1. The van der Waals surface area contributed by atoms with Crippen molar-refractivity contribution >= 4 is 15.9 Å². The quantitative estimate of drug-likeness (QED) is 0.902. The van der Waals surface area contributed by atoms with Gasteiger partial charge in [-0.1, -0.05) is 24.3 Å². The molecule has 108 valence electrons.